The molecule has 0 aromatic heterocycles. The minimum absolute atomic E-state index is 0.280. The zero-order chi connectivity index (χ0) is 17.3. The molecule has 1 amide bonds. The van der Waals surface area contributed by atoms with E-state index in [9.17, 15) is 14.7 Å². The molecule has 1 fully saturated rings. The van der Waals surface area contributed by atoms with Crippen LogP contribution in [0.4, 0.5) is 0 Å². The van der Waals surface area contributed by atoms with Crippen LogP contribution in [0.25, 0.3) is 0 Å². The van der Waals surface area contributed by atoms with Gasteiger partial charge in [0.2, 0.25) is 0 Å². The number of aliphatic carboxylic acids is 1. The number of carboxylic acid groups (broad SMARTS) is 1. The van der Waals surface area contributed by atoms with E-state index < -0.39 is 12.0 Å². The fraction of sp³-hybridized carbons (Fsp3) is 0.222. The molecule has 1 aliphatic heterocycles. The van der Waals surface area contributed by atoms with Crippen molar-refractivity contribution in [2.75, 3.05) is 0 Å². The SMILES string of the molecule is O=C(O)C1CCC(c2ccccc2)N1C(=O)c1cc(Cl)cc(Cl)c1. The summed E-state index contributed by atoms with van der Waals surface area (Å²) < 4.78 is 0. The maximum Gasteiger partial charge on any atom is 0.326 e. The Hall–Kier alpha value is -2.04. The summed E-state index contributed by atoms with van der Waals surface area (Å²) in [7, 11) is 0. The first-order chi connectivity index (χ1) is 11.5. The summed E-state index contributed by atoms with van der Waals surface area (Å²) in [5.41, 5.74) is 1.21. The summed E-state index contributed by atoms with van der Waals surface area (Å²) in [5, 5.41) is 10.2. The maximum absolute atomic E-state index is 13.0. The summed E-state index contributed by atoms with van der Waals surface area (Å²) in [4.78, 5) is 26.0. The van der Waals surface area contributed by atoms with Crippen molar-refractivity contribution < 1.29 is 14.7 Å². The quantitative estimate of drug-likeness (QED) is 0.877. The predicted octanol–water partition coefficient (Wildman–Crippen LogP) is 4.42. The number of hydrogen-bond donors (Lipinski definition) is 1. The van der Waals surface area contributed by atoms with Gasteiger partial charge in [-0.15, -0.1) is 0 Å². The van der Waals surface area contributed by atoms with Gasteiger partial charge in [0.05, 0.1) is 6.04 Å². The number of benzene rings is 2. The van der Waals surface area contributed by atoms with Crippen LogP contribution in [0, 0.1) is 0 Å². The number of carbonyl (C=O) groups is 2. The normalized spacial score (nSPS) is 20.2. The Labute approximate surface area is 149 Å². The van der Waals surface area contributed by atoms with Gasteiger partial charge in [0.25, 0.3) is 5.91 Å². The molecule has 2 aromatic carbocycles. The highest BCUT2D eigenvalue weighted by Gasteiger charge is 2.41. The van der Waals surface area contributed by atoms with Gasteiger partial charge in [0.1, 0.15) is 6.04 Å². The number of amides is 1. The highest BCUT2D eigenvalue weighted by molar-refractivity contribution is 6.35. The molecule has 124 valence electrons. The zero-order valence-electron chi connectivity index (χ0n) is 12.7. The number of nitrogens with zero attached hydrogens (tertiary/aromatic N) is 1. The smallest absolute Gasteiger partial charge is 0.326 e. The minimum Gasteiger partial charge on any atom is -0.480 e. The number of hydrogen-bond acceptors (Lipinski definition) is 2. The van der Waals surface area contributed by atoms with Crippen molar-refractivity contribution in [3.63, 3.8) is 0 Å². The molecule has 2 unspecified atom stereocenters. The Morgan fingerprint density at radius 2 is 1.62 bits per heavy atom. The molecule has 1 heterocycles. The highest BCUT2D eigenvalue weighted by atomic mass is 35.5. The van der Waals surface area contributed by atoms with Crippen LogP contribution in [0.5, 0.6) is 0 Å². The monoisotopic (exact) mass is 363 g/mol. The number of carbonyl (C=O) groups excluding carboxylic acids is 1. The molecule has 3 rings (SSSR count). The van der Waals surface area contributed by atoms with E-state index in [4.69, 9.17) is 23.2 Å². The second-order valence-electron chi connectivity index (χ2n) is 5.73. The molecule has 0 radical (unpaired) electrons. The molecule has 4 nitrogen and oxygen atoms in total. The second kappa shape index (κ2) is 6.83. The molecule has 0 bridgehead atoms. The van der Waals surface area contributed by atoms with E-state index in [1.54, 1.807) is 0 Å². The van der Waals surface area contributed by atoms with Gasteiger partial charge in [0, 0.05) is 15.6 Å². The molecule has 0 saturated carbocycles. The van der Waals surface area contributed by atoms with E-state index in [2.05, 4.69) is 0 Å². The van der Waals surface area contributed by atoms with Crippen LogP contribution in [0.1, 0.15) is 34.8 Å². The van der Waals surface area contributed by atoms with Crippen LogP contribution in [-0.2, 0) is 4.79 Å². The van der Waals surface area contributed by atoms with Gasteiger partial charge in [-0.1, -0.05) is 53.5 Å². The van der Waals surface area contributed by atoms with Gasteiger partial charge < -0.3 is 10.0 Å². The van der Waals surface area contributed by atoms with Crippen molar-refractivity contribution in [3.05, 3.63) is 69.7 Å². The van der Waals surface area contributed by atoms with Crippen molar-refractivity contribution in [1.82, 2.24) is 4.90 Å². The lowest BCUT2D eigenvalue weighted by Crippen LogP contribution is -2.41. The number of rotatable bonds is 3. The fourth-order valence-corrected chi connectivity index (χ4v) is 3.69. The summed E-state index contributed by atoms with van der Waals surface area (Å²) in [6.07, 6.45) is 1.01. The van der Waals surface area contributed by atoms with Gasteiger partial charge >= 0.3 is 5.97 Å². The van der Waals surface area contributed by atoms with Crippen molar-refractivity contribution in [2.45, 2.75) is 24.9 Å². The molecule has 2 atom stereocenters. The molecule has 1 saturated heterocycles. The Morgan fingerprint density at radius 1 is 1.00 bits per heavy atom. The Bertz CT molecular complexity index is 759. The second-order valence-corrected chi connectivity index (χ2v) is 6.60. The Kier molecular flexibility index (Phi) is 4.78. The Balaban J connectivity index is 2.01. The summed E-state index contributed by atoms with van der Waals surface area (Å²) in [6, 6.07) is 12.9. The fourth-order valence-electron chi connectivity index (χ4n) is 3.17. The molecular weight excluding hydrogens is 349 g/mol. The molecular formula is C18H15Cl2NO3. The standard InChI is InChI=1S/C18H15Cl2NO3/c19-13-8-12(9-14(20)10-13)17(22)21-15(6-7-16(21)18(23)24)11-4-2-1-3-5-11/h1-5,8-10,15-16H,6-7H2,(H,23,24). The number of halogens is 2. The van der Waals surface area contributed by atoms with E-state index in [0.717, 1.165) is 5.56 Å². The molecule has 1 aliphatic rings. The van der Waals surface area contributed by atoms with E-state index in [1.807, 2.05) is 30.3 Å². The lowest BCUT2D eigenvalue weighted by atomic mass is 10.0. The zero-order valence-corrected chi connectivity index (χ0v) is 14.2. The van der Waals surface area contributed by atoms with Crippen molar-refractivity contribution in [1.29, 1.82) is 0 Å². The molecule has 6 heteroatoms. The third-order valence-electron chi connectivity index (χ3n) is 4.20. The van der Waals surface area contributed by atoms with Crippen LogP contribution in [0.15, 0.2) is 48.5 Å². The van der Waals surface area contributed by atoms with Crippen LogP contribution in [-0.4, -0.2) is 27.9 Å². The van der Waals surface area contributed by atoms with E-state index in [0.29, 0.717) is 28.5 Å². The molecule has 0 aliphatic carbocycles. The first-order valence-electron chi connectivity index (χ1n) is 7.54. The largest absolute Gasteiger partial charge is 0.480 e. The van der Waals surface area contributed by atoms with Crippen LogP contribution in [0.2, 0.25) is 10.0 Å². The minimum atomic E-state index is -1.00. The van der Waals surface area contributed by atoms with Crippen LogP contribution < -0.4 is 0 Å². The first kappa shape index (κ1) is 16.8. The van der Waals surface area contributed by atoms with Crippen molar-refractivity contribution in [2.24, 2.45) is 0 Å². The highest BCUT2D eigenvalue weighted by Crippen LogP contribution is 2.37. The lowest BCUT2D eigenvalue weighted by Gasteiger charge is -2.29. The summed E-state index contributed by atoms with van der Waals surface area (Å²) >= 11 is 12.0. The third kappa shape index (κ3) is 3.25. The first-order valence-corrected chi connectivity index (χ1v) is 8.29. The summed E-state index contributed by atoms with van der Waals surface area (Å²) in [6.45, 7) is 0. The average molecular weight is 364 g/mol. The number of likely N-dealkylation sites (tertiary alicyclic amines) is 1. The van der Waals surface area contributed by atoms with Gasteiger partial charge in [-0.3, -0.25) is 4.79 Å². The van der Waals surface area contributed by atoms with Crippen molar-refractivity contribution in [3.8, 4) is 0 Å². The average Bonchev–Trinajstić information content (AvgIpc) is 2.99. The Morgan fingerprint density at radius 3 is 2.21 bits per heavy atom. The van der Waals surface area contributed by atoms with E-state index >= 15 is 0 Å². The van der Waals surface area contributed by atoms with Gasteiger partial charge in [-0.05, 0) is 36.6 Å². The van der Waals surface area contributed by atoms with E-state index in [1.165, 1.54) is 23.1 Å². The predicted molar refractivity (Wildman–Crippen MR) is 92.5 cm³/mol. The van der Waals surface area contributed by atoms with Gasteiger partial charge in [-0.2, -0.15) is 0 Å². The molecule has 1 N–H and O–H groups in total. The lowest BCUT2D eigenvalue weighted by molar-refractivity contribution is -0.141. The van der Waals surface area contributed by atoms with Crippen molar-refractivity contribution >= 4 is 35.1 Å². The third-order valence-corrected chi connectivity index (χ3v) is 4.63. The number of carboxylic acids is 1. The van der Waals surface area contributed by atoms with E-state index in [-0.39, 0.29) is 11.9 Å². The molecule has 2 aromatic rings. The molecule has 24 heavy (non-hydrogen) atoms. The molecule has 0 spiro atoms. The maximum atomic E-state index is 13.0. The summed E-state index contributed by atoms with van der Waals surface area (Å²) in [5.74, 6) is -1.38. The van der Waals surface area contributed by atoms with Gasteiger partial charge in [0.15, 0.2) is 0 Å². The van der Waals surface area contributed by atoms with Crippen LogP contribution >= 0.6 is 23.2 Å². The van der Waals surface area contributed by atoms with Crippen LogP contribution in [0.3, 0.4) is 0 Å². The van der Waals surface area contributed by atoms with Gasteiger partial charge in [-0.25, -0.2) is 4.79 Å². The topological polar surface area (TPSA) is 57.6 Å².